The van der Waals surface area contributed by atoms with E-state index in [9.17, 15) is 31.7 Å². The van der Waals surface area contributed by atoms with Gasteiger partial charge in [0.25, 0.3) is 0 Å². The van der Waals surface area contributed by atoms with Crippen LogP contribution < -0.4 is 11.1 Å². The topological polar surface area (TPSA) is 92.4 Å². The molecule has 0 saturated heterocycles. The zero-order chi connectivity index (χ0) is 22.5. The number of benzene rings is 3. The molecule has 5 nitrogen and oxygen atoms in total. The Kier molecular flexibility index (Phi) is 4.98. The molecule has 0 fully saturated rings. The van der Waals surface area contributed by atoms with E-state index in [4.69, 9.17) is 5.73 Å². The zero-order valence-electron chi connectivity index (χ0n) is 15.4. The summed E-state index contributed by atoms with van der Waals surface area (Å²) in [6.07, 6.45) is -4.93. The Hall–Kier alpha value is -3.37. The summed E-state index contributed by atoms with van der Waals surface area (Å²) < 4.78 is 62.4. The van der Waals surface area contributed by atoms with Gasteiger partial charge in [-0.1, -0.05) is 24.3 Å². The minimum absolute atomic E-state index is 0.0277. The van der Waals surface area contributed by atoms with Gasteiger partial charge in [0, 0.05) is 28.9 Å². The van der Waals surface area contributed by atoms with Gasteiger partial charge in [-0.05, 0) is 24.3 Å². The van der Waals surface area contributed by atoms with Crippen LogP contribution in [-0.2, 0) is 6.18 Å². The Labute approximate surface area is 177 Å². The molecule has 0 bridgehead atoms. The van der Waals surface area contributed by atoms with E-state index in [2.05, 4.69) is 5.32 Å². The molecule has 0 saturated carbocycles. The molecule has 1 aliphatic rings. The van der Waals surface area contributed by atoms with Crippen molar-refractivity contribution in [1.82, 2.24) is 0 Å². The van der Waals surface area contributed by atoms with Gasteiger partial charge in [-0.3, -0.25) is 9.59 Å². The molecule has 158 valence electrons. The standard InChI is InChI=1S/C21H12F4N2O3S/c22-13-6-5-9(7-12(13)21(23,24)25)27-14-8-15(31-30)18(26)17-16(14)19(28)10-3-1-2-4-11(10)20(17)29/h1-8,27,30H,26H2. The second-order valence-electron chi connectivity index (χ2n) is 6.70. The van der Waals surface area contributed by atoms with Crippen molar-refractivity contribution in [3.05, 3.63) is 82.2 Å². The monoisotopic (exact) mass is 448 g/mol. The maximum Gasteiger partial charge on any atom is 0.419 e. The number of nitrogen functional groups attached to an aromatic ring is 1. The summed E-state index contributed by atoms with van der Waals surface area (Å²) >= 11 is 0.219. The Bertz CT molecular complexity index is 1260. The molecule has 0 heterocycles. The molecular formula is C21H12F4N2O3S. The molecule has 4 N–H and O–H groups in total. The van der Waals surface area contributed by atoms with Gasteiger partial charge in [0.15, 0.2) is 11.6 Å². The third kappa shape index (κ3) is 3.43. The second-order valence-corrected chi connectivity index (χ2v) is 7.32. The van der Waals surface area contributed by atoms with Crippen LogP contribution in [0.3, 0.4) is 0 Å². The smallest absolute Gasteiger partial charge is 0.397 e. The van der Waals surface area contributed by atoms with E-state index in [1.165, 1.54) is 18.2 Å². The molecule has 1 aliphatic carbocycles. The first-order chi connectivity index (χ1) is 14.6. The summed E-state index contributed by atoms with van der Waals surface area (Å²) in [5.41, 5.74) is 4.10. The summed E-state index contributed by atoms with van der Waals surface area (Å²) in [5, 5.41) is 2.64. The van der Waals surface area contributed by atoms with Crippen LogP contribution in [0.1, 0.15) is 37.4 Å². The Morgan fingerprint density at radius 1 is 0.935 bits per heavy atom. The lowest BCUT2D eigenvalue weighted by Gasteiger charge is -2.23. The number of hydrogen-bond acceptors (Lipinski definition) is 6. The number of anilines is 3. The Balaban J connectivity index is 1.91. The number of nitrogens with one attached hydrogen (secondary N) is 1. The second kappa shape index (κ2) is 7.40. The Morgan fingerprint density at radius 2 is 1.55 bits per heavy atom. The van der Waals surface area contributed by atoms with Crippen molar-refractivity contribution >= 4 is 40.7 Å². The first kappa shape index (κ1) is 20.9. The number of alkyl halides is 3. The fraction of sp³-hybridized carbons (Fsp3) is 0.0476. The molecule has 3 aromatic carbocycles. The fourth-order valence-corrected chi connectivity index (χ4v) is 3.81. The maximum absolute atomic E-state index is 13.6. The molecule has 4 rings (SSSR count). The molecule has 0 spiro atoms. The third-order valence-electron chi connectivity index (χ3n) is 4.85. The van der Waals surface area contributed by atoms with E-state index in [1.807, 2.05) is 0 Å². The van der Waals surface area contributed by atoms with Gasteiger partial charge in [0.05, 0.1) is 33.0 Å². The molecule has 0 radical (unpaired) electrons. The highest BCUT2D eigenvalue weighted by molar-refractivity contribution is 7.94. The lowest BCUT2D eigenvalue weighted by atomic mass is 9.82. The Morgan fingerprint density at radius 3 is 2.13 bits per heavy atom. The number of fused-ring (bicyclic) bond motifs is 2. The van der Waals surface area contributed by atoms with Crippen molar-refractivity contribution in [1.29, 1.82) is 0 Å². The van der Waals surface area contributed by atoms with Crippen molar-refractivity contribution in [2.24, 2.45) is 0 Å². The summed E-state index contributed by atoms with van der Waals surface area (Å²) in [5.74, 6) is -2.58. The summed E-state index contributed by atoms with van der Waals surface area (Å²) in [7, 11) is 0. The molecule has 0 atom stereocenters. The van der Waals surface area contributed by atoms with E-state index < -0.39 is 29.1 Å². The van der Waals surface area contributed by atoms with Crippen molar-refractivity contribution < 1.29 is 31.7 Å². The predicted molar refractivity (Wildman–Crippen MR) is 107 cm³/mol. The number of rotatable bonds is 3. The van der Waals surface area contributed by atoms with Crippen molar-refractivity contribution in [3.8, 4) is 0 Å². The number of carbonyl (C=O) groups excluding carboxylic acids is 2. The van der Waals surface area contributed by atoms with E-state index >= 15 is 0 Å². The average Bonchev–Trinajstić information content (AvgIpc) is 2.73. The van der Waals surface area contributed by atoms with Gasteiger partial charge in [-0.15, -0.1) is 0 Å². The lowest BCUT2D eigenvalue weighted by Crippen LogP contribution is -2.24. The van der Waals surface area contributed by atoms with Gasteiger partial charge in [0.2, 0.25) is 0 Å². The van der Waals surface area contributed by atoms with Crippen molar-refractivity contribution in [2.75, 3.05) is 11.1 Å². The van der Waals surface area contributed by atoms with Gasteiger partial charge in [-0.2, -0.15) is 13.2 Å². The van der Waals surface area contributed by atoms with Crippen LogP contribution in [0.5, 0.6) is 0 Å². The highest BCUT2D eigenvalue weighted by Gasteiger charge is 2.36. The molecule has 10 heteroatoms. The van der Waals surface area contributed by atoms with E-state index in [1.54, 1.807) is 12.1 Å². The van der Waals surface area contributed by atoms with Crippen LogP contribution in [0.4, 0.5) is 34.6 Å². The summed E-state index contributed by atoms with van der Waals surface area (Å²) in [6.45, 7) is 0. The van der Waals surface area contributed by atoms with Crippen LogP contribution in [0, 0.1) is 5.82 Å². The number of hydrogen-bond donors (Lipinski definition) is 3. The predicted octanol–water partition coefficient (Wildman–Crippen LogP) is 5.51. The van der Waals surface area contributed by atoms with Gasteiger partial charge >= 0.3 is 6.18 Å². The third-order valence-corrected chi connectivity index (χ3v) is 5.38. The van der Waals surface area contributed by atoms with E-state index in [0.717, 1.165) is 6.07 Å². The molecule has 0 aromatic heterocycles. The number of carbonyl (C=O) groups is 2. The van der Waals surface area contributed by atoms with Crippen molar-refractivity contribution in [2.45, 2.75) is 11.1 Å². The molecule has 0 unspecified atom stereocenters. The van der Waals surface area contributed by atoms with Crippen LogP contribution >= 0.6 is 12.0 Å². The van der Waals surface area contributed by atoms with E-state index in [-0.39, 0.29) is 56.3 Å². The van der Waals surface area contributed by atoms with Crippen LogP contribution in [0.15, 0.2) is 53.4 Å². The number of ketones is 2. The number of nitrogens with two attached hydrogens (primary N) is 1. The highest BCUT2D eigenvalue weighted by atomic mass is 32.2. The minimum Gasteiger partial charge on any atom is -0.397 e. The molecular weight excluding hydrogens is 436 g/mol. The molecule has 31 heavy (non-hydrogen) atoms. The van der Waals surface area contributed by atoms with E-state index in [0.29, 0.717) is 12.1 Å². The van der Waals surface area contributed by atoms with Crippen LogP contribution in [0.2, 0.25) is 0 Å². The molecule has 3 aromatic rings. The maximum atomic E-state index is 13.6. The van der Waals surface area contributed by atoms with Gasteiger partial charge in [-0.25, -0.2) is 4.39 Å². The minimum atomic E-state index is -4.93. The first-order valence-corrected chi connectivity index (χ1v) is 9.51. The van der Waals surface area contributed by atoms with Gasteiger partial charge in [0.1, 0.15) is 5.82 Å². The zero-order valence-corrected chi connectivity index (χ0v) is 16.2. The number of halogens is 4. The lowest BCUT2D eigenvalue weighted by molar-refractivity contribution is -0.139. The van der Waals surface area contributed by atoms with Crippen molar-refractivity contribution in [3.63, 3.8) is 0 Å². The molecule has 0 aliphatic heterocycles. The van der Waals surface area contributed by atoms with Crippen LogP contribution in [-0.4, -0.2) is 16.1 Å². The van der Waals surface area contributed by atoms with Crippen LogP contribution in [0.25, 0.3) is 0 Å². The average molecular weight is 448 g/mol. The quantitative estimate of drug-likeness (QED) is 0.217. The summed E-state index contributed by atoms with van der Waals surface area (Å²) in [4.78, 5) is 26.2. The fourth-order valence-electron chi connectivity index (χ4n) is 3.44. The highest BCUT2D eigenvalue weighted by Crippen LogP contribution is 2.41. The normalized spacial score (nSPS) is 13.1. The largest absolute Gasteiger partial charge is 0.419 e. The SMILES string of the molecule is Nc1c(SO)cc(Nc2ccc(F)c(C(F)(F)F)c2)c2c1C(=O)c1ccccc1C2=O. The summed E-state index contributed by atoms with van der Waals surface area (Å²) in [6, 6.07) is 9.54. The van der Waals surface area contributed by atoms with Gasteiger partial charge < -0.3 is 15.6 Å². The molecule has 0 amide bonds. The first-order valence-electron chi connectivity index (χ1n) is 8.73.